The first-order valence-corrected chi connectivity index (χ1v) is 8.23. The molecule has 0 spiro atoms. The minimum absolute atomic E-state index is 0.304. The van der Waals surface area contributed by atoms with Crippen LogP contribution in [-0.2, 0) is 4.74 Å². The monoisotopic (exact) mass is 331 g/mol. The Kier molecular flexibility index (Phi) is 3.63. The van der Waals surface area contributed by atoms with Crippen molar-refractivity contribution in [1.82, 2.24) is 4.90 Å². The van der Waals surface area contributed by atoms with Crippen LogP contribution < -0.4 is 10.4 Å². The van der Waals surface area contributed by atoms with Crippen molar-refractivity contribution in [3.63, 3.8) is 0 Å². The summed E-state index contributed by atoms with van der Waals surface area (Å²) in [6.07, 6.45) is -0.751. The van der Waals surface area contributed by atoms with Crippen LogP contribution in [0.15, 0.2) is 33.5 Å². The van der Waals surface area contributed by atoms with Crippen molar-refractivity contribution in [2.24, 2.45) is 0 Å². The number of hydrogen-bond donors (Lipinski definition) is 1. The lowest BCUT2D eigenvalue weighted by Crippen LogP contribution is -2.55. The quantitative estimate of drug-likeness (QED) is 0.802. The van der Waals surface area contributed by atoms with Crippen molar-refractivity contribution in [3.8, 4) is 5.75 Å². The molecule has 0 saturated carbocycles. The van der Waals surface area contributed by atoms with Gasteiger partial charge in [0, 0.05) is 24.5 Å². The van der Waals surface area contributed by atoms with Gasteiger partial charge in [-0.05, 0) is 32.0 Å². The first-order chi connectivity index (χ1) is 11.5. The lowest BCUT2D eigenvalue weighted by molar-refractivity contribution is -0.108. The van der Waals surface area contributed by atoms with Crippen LogP contribution in [0.3, 0.4) is 0 Å². The van der Waals surface area contributed by atoms with Gasteiger partial charge in [-0.1, -0.05) is 0 Å². The van der Waals surface area contributed by atoms with Gasteiger partial charge in [0.05, 0.1) is 24.8 Å². The summed E-state index contributed by atoms with van der Waals surface area (Å²) in [5, 5.41) is 11.8. The van der Waals surface area contributed by atoms with Gasteiger partial charge < -0.3 is 19.0 Å². The van der Waals surface area contributed by atoms with Crippen molar-refractivity contribution in [2.45, 2.75) is 31.6 Å². The average Bonchev–Trinajstić information content (AvgIpc) is 2.56. The molecule has 0 bridgehead atoms. The largest absolute Gasteiger partial charge is 0.485 e. The van der Waals surface area contributed by atoms with E-state index in [1.54, 1.807) is 6.07 Å². The summed E-state index contributed by atoms with van der Waals surface area (Å²) in [4.78, 5) is 13.9. The van der Waals surface area contributed by atoms with E-state index in [-0.39, 0.29) is 6.04 Å². The maximum atomic E-state index is 11.8. The molecule has 6 nitrogen and oxygen atoms in total. The summed E-state index contributed by atoms with van der Waals surface area (Å²) in [5.74, 6) is 0.656. The second-order valence-corrected chi connectivity index (χ2v) is 6.89. The van der Waals surface area contributed by atoms with E-state index in [1.807, 2.05) is 26.0 Å². The number of fused-ring (bicyclic) bond motifs is 3. The summed E-state index contributed by atoms with van der Waals surface area (Å²) >= 11 is 0. The van der Waals surface area contributed by atoms with E-state index in [0.29, 0.717) is 37.6 Å². The number of ether oxygens (including phenoxy) is 2. The van der Waals surface area contributed by atoms with Crippen LogP contribution in [0.4, 0.5) is 0 Å². The van der Waals surface area contributed by atoms with E-state index >= 15 is 0 Å². The highest BCUT2D eigenvalue weighted by Crippen LogP contribution is 2.45. The highest BCUT2D eigenvalue weighted by Gasteiger charge is 2.47. The zero-order chi connectivity index (χ0) is 16.9. The van der Waals surface area contributed by atoms with Crippen LogP contribution in [0.2, 0.25) is 0 Å². The molecular weight excluding hydrogens is 310 g/mol. The van der Waals surface area contributed by atoms with Crippen molar-refractivity contribution in [1.29, 1.82) is 0 Å². The predicted molar refractivity (Wildman–Crippen MR) is 88.3 cm³/mol. The molecule has 0 aliphatic carbocycles. The topological polar surface area (TPSA) is 72.1 Å². The molecule has 1 aromatic heterocycles. The fraction of sp³-hybridized carbons (Fsp3) is 0.500. The van der Waals surface area contributed by atoms with E-state index in [0.717, 1.165) is 10.9 Å². The standard InChI is InChI=1S/C18H21NO5/c1-18(2)17(21)15(19-7-9-22-10-8-19)14-12(24-18)5-3-11-4-6-13(20)23-16(11)14/h3-6,15,17,21H,7-10H2,1-2H3. The molecular formula is C18H21NO5. The average molecular weight is 331 g/mol. The zero-order valence-electron chi connectivity index (χ0n) is 13.8. The van der Waals surface area contributed by atoms with Gasteiger partial charge in [-0.15, -0.1) is 0 Å². The molecule has 24 heavy (non-hydrogen) atoms. The van der Waals surface area contributed by atoms with Gasteiger partial charge in [-0.2, -0.15) is 0 Å². The molecule has 1 saturated heterocycles. The van der Waals surface area contributed by atoms with Crippen LogP contribution >= 0.6 is 0 Å². The van der Waals surface area contributed by atoms with E-state index in [1.165, 1.54) is 6.07 Å². The van der Waals surface area contributed by atoms with E-state index in [2.05, 4.69) is 4.90 Å². The minimum Gasteiger partial charge on any atom is -0.485 e. The predicted octanol–water partition coefficient (Wildman–Crippen LogP) is 1.70. The van der Waals surface area contributed by atoms with Gasteiger partial charge in [0.1, 0.15) is 23.0 Å². The van der Waals surface area contributed by atoms with Gasteiger partial charge in [0.25, 0.3) is 0 Å². The van der Waals surface area contributed by atoms with E-state index < -0.39 is 17.3 Å². The molecule has 2 aromatic rings. The van der Waals surface area contributed by atoms with Crippen molar-refractivity contribution >= 4 is 11.0 Å². The third-order valence-electron chi connectivity index (χ3n) is 4.91. The number of rotatable bonds is 1. The second kappa shape index (κ2) is 5.58. The highest BCUT2D eigenvalue weighted by atomic mass is 16.5. The van der Waals surface area contributed by atoms with Gasteiger partial charge in [0.15, 0.2) is 0 Å². The molecule has 2 unspecified atom stereocenters. The Balaban J connectivity index is 1.95. The number of nitrogens with zero attached hydrogens (tertiary/aromatic N) is 1. The number of morpholine rings is 1. The lowest BCUT2D eigenvalue weighted by Gasteiger charge is -2.47. The molecule has 2 aliphatic heterocycles. The van der Waals surface area contributed by atoms with Crippen LogP contribution in [0.5, 0.6) is 5.75 Å². The molecule has 2 aliphatic rings. The number of benzene rings is 1. The van der Waals surface area contributed by atoms with Crippen molar-refractivity contribution in [2.75, 3.05) is 26.3 Å². The second-order valence-electron chi connectivity index (χ2n) is 6.89. The molecule has 0 radical (unpaired) electrons. The third kappa shape index (κ3) is 2.42. The summed E-state index contributed by atoms with van der Waals surface area (Å²) in [6, 6.07) is 6.61. The first kappa shape index (κ1) is 15.6. The molecule has 4 rings (SSSR count). The zero-order valence-corrected chi connectivity index (χ0v) is 13.8. The highest BCUT2D eigenvalue weighted by molar-refractivity contribution is 5.83. The Morgan fingerprint density at radius 1 is 1.17 bits per heavy atom. The smallest absolute Gasteiger partial charge is 0.336 e. The normalized spacial score (nSPS) is 26.8. The van der Waals surface area contributed by atoms with Gasteiger partial charge in [-0.3, -0.25) is 4.90 Å². The van der Waals surface area contributed by atoms with Crippen LogP contribution in [0.25, 0.3) is 11.0 Å². The molecule has 6 heteroatoms. The maximum Gasteiger partial charge on any atom is 0.336 e. The Morgan fingerprint density at radius 3 is 2.62 bits per heavy atom. The third-order valence-corrected chi connectivity index (χ3v) is 4.91. The SMILES string of the molecule is CC1(C)Oc2ccc3ccc(=O)oc3c2C(N2CCOCC2)C1O. The summed E-state index contributed by atoms with van der Waals surface area (Å²) in [6.45, 7) is 6.41. The molecule has 1 fully saturated rings. The van der Waals surface area contributed by atoms with Crippen LogP contribution in [-0.4, -0.2) is 48.0 Å². The number of aliphatic hydroxyl groups is 1. The molecule has 0 amide bonds. The minimum atomic E-state index is -0.751. The van der Waals surface area contributed by atoms with Gasteiger partial charge >= 0.3 is 5.63 Å². The Labute approximate surface area is 139 Å². The Bertz CT molecular complexity index is 822. The summed E-state index contributed by atoms with van der Waals surface area (Å²) < 4.78 is 17.0. The van der Waals surface area contributed by atoms with Crippen molar-refractivity contribution < 1.29 is 19.0 Å². The fourth-order valence-corrected chi connectivity index (χ4v) is 3.62. The number of aliphatic hydroxyl groups excluding tert-OH is 1. The van der Waals surface area contributed by atoms with Crippen LogP contribution in [0.1, 0.15) is 25.5 Å². The molecule has 1 N–H and O–H groups in total. The fourth-order valence-electron chi connectivity index (χ4n) is 3.62. The molecule has 2 atom stereocenters. The molecule has 3 heterocycles. The van der Waals surface area contributed by atoms with Crippen LogP contribution in [0, 0.1) is 0 Å². The summed E-state index contributed by atoms with van der Waals surface area (Å²) in [7, 11) is 0. The first-order valence-electron chi connectivity index (χ1n) is 8.23. The van der Waals surface area contributed by atoms with E-state index in [4.69, 9.17) is 13.9 Å². The Hall–Kier alpha value is -1.89. The van der Waals surface area contributed by atoms with Crippen molar-refractivity contribution in [3.05, 3.63) is 40.2 Å². The van der Waals surface area contributed by atoms with E-state index in [9.17, 15) is 9.90 Å². The summed E-state index contributed by atoms with van der Waals surface area (Å²) in [5.41, 5.74) is 0.0968. The maximum absolute atomic E-state index is 11.8. The molecule has 1 aromatic carbocycles. The lowest BCUT2D eigenvalue weighted by atomic mass is 9.84. The van der Waals surface area contributed by atoms with Gasteiger partial charge in [-0.25, -0.2) is 4.79 Å². The molecule has 128 valence electrons. The Morgan fingerprint density at radius 2 is 1.88 bits per heavy atom. The van der Waals surface area contributed by atoms with Gasteiger partial charge in [0.2, 0.25) is 0 Å². The number of hydrogen-bond acceptors (Lipinski definition) is 6.